The smallest absolute Gasteiger partial charge is 0.182 e. The van der Waals surface area contributed by atoms with Gasteiger partial charge < -0.3 is 5.32 Å². The third-order valence-corrected chi connectivity index (χ3v) is 3.50. The van der Waals surface area contributed by atoms with Crippen molar-refractivity contribution < 1.29 is 0 Å². The molecule has 0 amide bonds. The van der Waals surface area contributed by atoms with Gasteiger partial charge in [-0.2, -0.15) is 0 Å². The van der Waals surface area contributed by atoms with Gasteiger partial charge in [-0.3, -0.25) is 0 Å². The van der Waals surface area contributed by atoms with Crippen LogP contribution in [0.4, 0.5) is 0 Å². The van der Waals surface area contributed by atoms with Crippen molar-refractivity contribution in [3.63, 3.8) is 0 Å². The third-order valence-electron chi connectivity index (χ3n) is 3.25. The van der Waals surface area contributed by atoms with Crippen LogP contribution in [0.3, 0.4) is 0 Å². The van der Waals surface area contributed by atoms with Crippen LogP contribution >= 0.6 is 11.6 Å². The van der Waals surface area contributed by atoms with Crippen molar-refractivity contribution in [2.24, 2.45) is 0 Å². The van der Waals surface area contributed by atoms with Crippen molar-refractivity contribution in [1.82, 2.24) is 25.5 Å². The van der Waals surface area contributed by atoms with Crippen LogP contribution in [0.1, 0.15) is 18.9 Å². The Labute approximate surface area is 110 Å². The lowest BCUT2D eigenvalue weighted by Crippen LogP contribution is -2.30. The van der Waals surface area contributed by atoms with Crippen molar-refractivity contribution in [1.29, 1.82) is 0 Å². The molecular weight excluding hydrogens is 250 g/mol. The molecule has 1 fully saturated rings. The van der Waals surface area contributed by atoms with Gasteiger partial charge in [-0.1, -0.05) is 11.6 Å². The number of halogens is 1. The topological polar surface area (TPSA) is 55.6 Å². The first-order chi connectivity index (χ1) is 8.84. The van der Waals surface area contributed by atoms with Gasteiger partial charge in [0.15, 0.2) is 5.82 Å². The zero-order chi connectivity index (χ0) is 12.4. The van der Waals surface area contributed by atoms with Crippen LogP contribution < -0.4 is 5.32 Å². The maximum Gasteiger partial charge on any atom is 0.182 e. The highest BCUT2D eigenvalue weighted by Gasteiger charge is 2.20. The van der Waals surface area contributed by atoms with E-state index in [0.29, 0.717) is 6.04 Å². The van der Waals surface area contributed by atoms with Crippen LogP contribution in [0.2, 0.25) is 5.02 Å². The Balaban J connectivity index is 1.93. The number of nitrogens with one attached hydrogen (secondary N) is 1. The molecule has 3 rings (SSSR count). The van der Waals surface area contributed by atoms with E-state index in [9.17, 15) is 0 Å². The summed E-state index contributed by atoms with van der Waals surface area (Å²) in [6.45, 7) is 2.04. The van der Waals surface area contributed by atoms with E-state index in [-0.39, 0.29) is 0 Å². The molecule has 1 aliphatic heterocycles. The number of hydrogen-bond acceptors (Lipinski definition) is 4. The summed E-state index contributed by atoms with van der Waals surface area (Å²) in [6, 6.07) is 8.00. The van der Waals surface area contributed by atoms with E-state index in [1.165, 1.54) is 0 Å². The molecule has 2 heterocycles. The predicted octanol–water partition coefficient (Wildman–Crippen LogP) is 1.92. The standard InChI is InChI=1S/C12H14ClN5/c13-10-3-1-9(2-4-10)12-15-16-17-18(12)11-5-7-14-8-6-11/h1-4,11,14H,5-8H2. The summed E-state index contributed by atoms with van der Waals surface area (Å²) in [5, 5.41) is 16.1. The van der Waals surface area contributed by atoms with Crippen molar-refractivity contribution >= 4 is 11.6 Å². The number of benzene rings is 1. The minimum Gasteiger partial charge on any atom is -0.317 e. The van der Waals surface area contributed by atoms with E-state index in [2.05, 4.69) is 20.8 Å². The molecule has 0 spiro atoms. The molecule has 1 N–H and O–H groups in total. The summed E-state index contributed by atoms with van der Waals surface area (Å²) in [5.41, 5.74) is 1.00. The van der Waals surface area contributed by atoms with Gasteiger partial charge >= 0.3 is 0 Å². The van der Waals surface area contributed by atoms with E-state index in [1.807, 2.05) is 28.9 Å². The van der Waals surface area contributed by atoms with Gasteiger partial charge in [0.1, 0.15) is 0 Å². The lowest BCUT2D eigenvalue weighted by molar-refractivity contribution is 0.340. The molecule has 6 heteroatoms. The van der Waals surface area contributed by atoms with E-state index in [0.717, 1.165) is 42.3 Å². The molecule has 0 aliphatic carbocycles. The fourth-order valence-corrected chi connectivity index (χ4v) is 2.41. The van der Waals surface area contributed by atoms with Gasteiger partial charge in [-0.25, -0.2) is 4.68 Å². The second-order valence-electron chi connectivity index (χ2n) is 4.44. The van der Waals surface area contributed by atoms with Crippen LogP contribution in [-0.2, 0) is 0 Å². The fourth-order valence-electron chi connectivity index (χ4n) is 2.28. The summed E-state index contributed by atoms with van der Waals surface area (Å²) in [5.74, 6) is 0.818. The Kier molecular flexibility index (Phi) is 3.25. The molecule has 5 nitrogen and oxygen atoms in total. The number of aromatic nitrogens is 4. The Hall–Kier alpha value is -1.46. The number of piperidine rings is 1. The third kappa shape index (κ3) is 2.23. The minimum absolute atomic E-state index is 0.381. The molecule has 0 radical (unpaired) electrons. The first-order valence-electron chi connectivity index (χ1n) is 6.09. The fraction of sp³-hybridized carbons (Fsp3) is 0.417. The van der Waals surface area contributed by atoms with Crippen molar-refractivity contribution in [2.45, 2.75) is 18.9 Å². The zero-order valence-electron chi connectivity index (χ0n) is 9.88. The largest absolute Gasteiger partial charge is 0.317 e. The molecule has 0 bridgehead atoms. The Morgan fingerprint density at radius 3 is 2.61 bits per heavy atom. The van der Waals surface area contributed by atoms with Crippen molar-refractivity contribution in [2.75, 3.05) is 13.1 Å². The number of rotatable bonds is 2. The first-order valence-corrected chi connectivity index (χ1v) is 6.47. The van der Waals surface area contributed by atoms with Gasteiger partial charge in [0, 0.05) is 10.6 Å². The average Bonchev–Trinajstić information content (AvgIpc) is 2.90. The summed E-state index contributed by atoms with van der Waals surface area (Å²) in [7, 11) is 0. The van der Waals surface area contributed by atoms with Crippen LogP contribution in [0.5, 0.6) is 0 Å². The predicted molar refractivity (Wildman–Crippen MR) is 69.4 cm³/mol. The van der Waals surface area contributed by atoms with Crippen molar-refractivity contribution in [3.05, 3.63) is 29.3 Å². The summed E-state index contributed by atoms with van der Waals surface area (Å²) < 4.78 is 1.93. The Bertz CT molecular complexity index is 516. The van der Waals surface area contributed by atoms with Gasteiger partial charge in [0.25, 0.3) is 0 Å². The monoisotopic (exact) mass is 263 g/mol. The summed E-state index contributed by atoms with van der Waals surface area (Å²) >= 11 is 5.89. The molecule has 0 saturated carbocycles. The highest BCUT2D eigenvalue weighted by atomic mass is 35.5. The molecule has 1 aromatic carbocycles. The zero-order valence-corrected chi connectivity index (χ0v) is 10.6. The summed E-state index contributed by atoms with van der Waals surface area (Å²) in [6.07, 6.45) is 2.12. The SMILES string of the molecule is Clc1ccc(-c2nnnn2C2CCNCC2)cc1. The van der Waals surface area contributed by atoms with Gasteiger partial charge in [-0.05, 0) is 60.6 Å². The van der Waals surface area contributed by atoms with Crippen molar-refractivity contribution in [3.8, 4) is 11.4 Å². The van der Waals surface area contributed by atoms with Crippen LogP contribution in [0, 0.1) is 0 Å². The highest BCUT2D eigenvalue weighted by molar-refractivity contribution is 6.30. The lowest BCUT2D eigenvalue weighted by Gasteiger charge is -2.23. The van der Waals surface area contributed by atoms with E-state index < -0.39 is 0 Å². The molecule has 2 aromatic rings. The second kappa shape index (κ2) is 5.04. The molecule has 0 atom stereocenters. The molecule has 18 heavy (non-hydrogen) atoms. The quantitative estimate of drug-likeness (QED) is 0.899. The van der Waals surface area contributed by atoms with E-state index in [4.69, 9.17) is 11.6 Å². The maximum atomic E-state index is 5.89. The van der Waals surface area contributed by atoms with Gasteiger partial charge in [-0.15, -0.1) is 5.10 Å². The molecule has 1 saturated heterocycles. The Morgan fingerprint density at radius 2 is 1.89 bits per heavy atom. The number of hydrogen-bond donors (Lipinski definition) is 1. The molecule has 1 aromatic heterocycles. The first kappa shape index (κ1) is 11.6. The normalized spacial score (nSPS) is 16.9. The molecule has 94 valence electrons. The second-order valence-corrected chi connectivity index (χ2v) is 4.87. The molecule has 1 aliphatic rings. The number of tetrazole rings is 1. The Morgan fingerprint density at radius 1 is 1.17 bits per heavy atom. The van der Waals surface area contributed by atoms with Crippen LogP contribution in [0.15, 0.2) is 24.3 Å². The number of nitrogens with zero attached hydrogens (tertiary/aromatic N) is 4. The maximum absolute atomic E-state index is 5.89. The minimum atomic E-state index is 0.381. The lowest BCUT2D eigenvalue weighted by atomic mass is 10.1. The molecular formula is C12H14ClN5. The van der Waals surface area contributed by atoms with Gasteiger partial charge in [0.2, 0.25) is 0 Å². The van der Waals surface area contributed by atoms with E-state index >= 15 is 0 Å². The van der Waals surface area contributed by atoms with E-state index in [1.54, 1.807) is 0 Å². The van der Waals surface area contributed by atoms with Crippen LogP contribution in [-0.4, -0.2) is 33.3 Å². The highest BCUT2D eigenvalue weighted by Crippen LogP contribution is 2.25. The van der Waals surface area contributed by atoms with Gasteiger partial charge in [0.05, 0.1) is 6.04 Å². The average molecular weight is 264 g/mol. The molecule has 0 unspecified atom stereocenters. The van der Waals surface area contributed by atoms with Crippen LogP contribution in [0.25, 0.3) is 11.4 Å². The summed E-state index contributed by atoms with van der Waals surface area (Å²) in [4.78, 5) is 0.